The Bertz CT molecular complexity index is 533. The summed E-state index contributed by atoms with van der Waals surface area (Å²) in [4.78, 5) is 23.0. The first-order chi connectivity index (χ1) is 10.1. The number of carbonyl (C=O) groups is 2. The highest BCUT2D eigenvalue weighted by molar-refractivity contribution is 9.10. The van der Waals surface area contributed by atoms with E-state index in [0.717, 1.165) is 12.2 Å². The Morgan fingerprint density at radius 2 is 2.19 bits per heavy atom. The fourth-order valence-electron chi connectivity index (χ4n) is 2.15. The van der Waals surface area contributed by atoms with Gasteiger partial charge in [-0.05, 0) is 36.8 Å². The Hall–Kier alpha value is -1.21. The lowest BCUT2D eigenvalue weighted by atomic mass is 10.2. The summed E-state index contributed by atoms with van der Waals surface area (Å²) in [6.45, 7) is 0.604. The predicted molar refractivity (Wildman–Crippen MR) is 88.2 cm³/mol. The minimum Gasteiger partial charge on any atom is -0.478 e. The van der Waals surface area contributed by atoms with E-state index in [1.807, 2.05) is 11.8 Å². The lowest BCUT2D eigenvalue weighted by Crippen LogP contribution is -2.35. The Labute approximate surface area is 136 Å². The van der Waals surface area contributed by atoms with E-state index >= 15 is 0 Å². The van der Waals surface area contributed by atoms with Gasteiger partial charge in [-0.2, -0.15) is 11.8 Å². The van der Waals surface area contributed by atoms with Crippen molar-refractivity contribution in [2.75, 3.05) is 17.6 Å². The molecule has 0 bridgehead atoms. The molecule has 5 nitrogen and oxygen atoms in total. The summed E-state index contributed by atoms with van der Waals surface area (Å²) in [6, 6.07) is 4.30. The molecule has 1 fully saturated rings. The Morgan fingerprint density at radius 1 is 1.38 bits per heavy atom. The van der Waals surface area contributed by atoms with E-state index < -0.39 is 5.97 Å². The third-order valence-corrected chi connectivity index (χ3v) is 5.12. The van der Waals surface area contributed by atoms with Crippen molar-refractivity contribution in [2.45, 2.75) is 24.5 Å². The van der Waals surface area contributed by atoms with Crippen molar-refractivity contribution in [2.24, 2.45) is 0 Å². The second-order valence-electron chi connectivity index (χ2n) is 4.82. The van der Waals surface area contributed by atoms with Gasteiger partial charge in [0, 0.05) is 16.3 Å². The van der Waals surface area contributed by atoms with Crippen molar-refractivity contribution in [3.8, 4) is 0 Å². The summed E-state index contributed by atoms with van der Waals surface area (Å²) < 4.78 is 0.714. The number of amides is 2. The van der Waals surface area contributed by atoms with Crippen molar-refractivity contribution in [3.05, 3.63) is 28.2 Å². The van der Waals surface area contributed by atoms with E-state index in [1.165, 1.54) is 18.9 Å². The summed E-state index contributed by atoms with van der Waals surface area (Å²) in [6.07, 6.45) is 3.56. The maximum absolute atomic E-state index is 11.9. The topological polar surface area (TPSA) is 78.4 Å². The van der Waals surface area contributed by atoms with Crippen LogP contribution in [-0.4, -0.2) is 34.7 Å². The van der Waals surface area contributed by atoms with Crippen LogP contribution in [0.25, 0.3) is 0 Å². The summed E-state index contributed by atoms with van der Waals surface area (Å²) in [5, 5.41) is 15.0. The molecule has 1 aliphatic rings. The number of carboxylic acid groups (broad SMARTS) is 1. The number of anilines is 1. The fourth-order valence-corrected chi connectivity index (χ4v) is 3.75. The van der Waals surface area contributed by atoms with Crippen molar-refractivity contribution in [1.29, 1.82) is 0 Å². The molecule has 1 unspecified atom stereocenters. The largest absolute Gasteiger partial charge is 0.478 e. The molecule has 1 aromatic rings. The molecular formula is C14H17BrN2O3S. The van der Waals surface area contributed by atoms with Crippen LogP contribution < -0.4 is 10.6 Å². The average molecular weight is 373 g/mol. The lowest BCUT2D eigenvalue weighted by Gasteiger charge is -2.21. The van der Waals surface area contributed by atoms with Crippen LogP contribution in [-0.2, 0) is 0 Å². The van der Waals surface area contributed by atoms with Gasteiger partial charge >= 0.3 is 12.0 Å². The zero-order valence-corrected chi connectivity index (χ0v) is 13.8. The Kier molecular flexibility index (Phi) is 5.93. The molecule has 2 amide bonds. The zero-order valence-electron chi connectivity index (χ0n) is 11.4. The molecule has 1 aliphatic heterocycles. The quantitative estimate of drug-likeness (QED) is 0.754. The molecular weight excluding hydrogens is 356 g/mol. The van der Waals surface area contributed by atoms with Crippen molar-refractivity contribution in [3.63, 3.8) is 0 Å². The van der Waals surface area contributed by atoms with E-state index in [2.05, 4.69) is 26.6 Å². The van der Waals surface area contributed by atoms with E-state index in [0.29, 0.717) is 16.3 Å². The van der Waals surface area contributed by atoms with Crippen molar-refractivity contribution in [1.82, 2.24) is 5.32 Å². The van der Waals surface area contributed by atoms with E-state index in [4.69, 9.17) is 5.11 Å². The lowest BCUT2D eigenvalue weighted by molar-refractivity contribution is 0.0698. The van der Waals surface area contributed by atoms with Gasteiger partial charge in [0.25, 0.3) is 0 Å². The number of benzene rings is 1. The van der Waals surface area contributed by atoms with Crippen LogP contribution in [0, 0.1) is 0 Å². The predicted octanol–water partition coefficient (Wildman–Crippen LogP) is 3.55. The summed E-state index contributed by atoms with van der Waals surface area (Å²) in [5.74, 6) is 0.0728. The van der Waals surface area contributed by atoms with E-state index in [-0.39, 0.29) is 17.3 Å². The molecule has 3 N–H and O–H groups in total. The smallest absolute Gasteiger partial charge is 0.337 e. The number of carboxylic acids is 1. The van der Waals surface area contributed by atoms with Crippen LogP contribution in [0.3, 0.4) is 0 Å². The summed E-state index contributed by atoms with van der Waals surface area (Å²) >= 11 is 5.15. The number of rotatable bonds is 4. The first-order valence-corrected chi connectivity index (χ1v) is 8.60. The molecule has 0 radical (unpaired) electrons. The third-order valence-electron chi connectivity index (χ3n) is 3.22. The number of thioether (sulfide) groups is 1. The van der Waals surface area contributed by atoms with Crippen LogP contribution in [0.5, 0.6) is 0 Å². The van der Waals surface area contributed by atoms with Gasteiger partial charge in [-0.3, -0.25) is 0 Å². The second kappa shape index (κ2) is 7.70. The average Bonchev–Trinajstić information content (AvgIpc) is 2.46. The molecule has 0 spiro atoms. The number of hydrogen-bond acceptors (Lipinski definition) is 3. The molecule has 0 aromatic heterocycles. The van der Waals surface area contributed by atoms with Crippen LogP contribution in [0.15, 0.2) is 22.7 Å². The molecule has 1 saturated heterocycles. The SMILES string of the molecule is O=C(NCC1CCCCS1)Nc1cc(Br)ccc1C(=O)O. The van der Waals surface area contributed by atoms with Crippen LogP contribution in [0.1, 0.15) is 29.6 Å². The highest BCUT2D eigenvalue weighted by atomic mass is 79.9. The molecule has 1 heterocycles. The summed E-state index contributed by atoms with van der Waals surface area (Å²) in [5.41, 5.74) is 0.353. The summed E-state index contributed by atoms with van der Waals surface area (Å²) in [7, 11) is 0. The number of halogens is 1. The Balaban J connectivity index is 1.92. The molecule has 0 aliphatic carbocycles. The molecule has 1 aromatic carbocycles. The van der Waals surface area contributed by atoms with Gasteiger partial charge in [0.05, 0.1) is 11.3 Å². The molecule has 114 valence electrons. The van der Waals surface area contributed by atoms with Gasteiger partial charge in [0.2, 0.25) is 0 Å². The molecule has 21 heavy (non-hydrogen) atoms. The normalized spacial score (nSPS) is 18.0. The van der Waals surface area contributed by atoms with E-state index in [1.54, 1.807) is 12.1 Å². The van der Waals surface area contributed by atoms with E-state index in [9.17, 15) is 9.59 Å². The molecule has 1 atom stereocenters. The second-order valence-corrected chi connectivity index (χ2v) is 7.14. The van der Waals surface area contributed by atoms with Gasteiger partial charge in [0.1, 0.15) is 0 Å². The standard InChI is InChI=1S/C14H17BrN2O3S/c15-9-4-5-11(13(18)19)12(7-9)17-14(20)16-8-10-3-1-2-6-21-10/h4-5,7,10H,1-3,6,8H2,(H,18,19)(H2,16,17,20). The zero-order chi connectivity index (χ0) is 15.2. The maximum Gasteiger partial charge on any atom is 0.337 e. The van der Waals surface area contributed by atoms with Gasteiger partial charge in [-0.25, -0.2) is 9.59 Å². The molecule has 2 rings (SSSR count). The minimum atomic E-state index is -1.07. The van der Waals surface area contributed by atoms with Gasteiger partial charge in [-0.15, -0.1) is 0 Å². The minimum absolute atomic E-state index is 0.0698. The highest BCUT2D eigenvalue weighted by Gasteiger charge is 2.16. The van der Waals surface area contributed by atoms with Crippen LogP contribution >= 0.6 is 27.7 Å². The highest BCUT2D eigenvalue weighted by Crippen LogP contribution is 2.24. The number of urea groups is 1. The molecule has 7 heteroatoms. The van der Waals surface area contributed by atoms with Crippen molar-refractivity contribution < 1.29 is 14.7 Å². The number of carbonyl (C=O) groups excluding carboxylic acids is 1. The first kappa shape index (κ1) is 16.2. The number of aromatic carboxylic acids is 1. The van der Waals surface area contributed by atoms with Crippen LogP contribution in [0.4, 0.5) is 10.5 Å². The fraction of sp³-hybridized carbons (Fsp3) is 0.429. The first-order valence-electron chi connectivity index (χ1n) is 6.75. The van der Waals surface area contributed by atoms with Crippen molar-refractivity contribution >= 4 is 45.4 Å². The maximum atomic E-state index is 11.9. The monoisotopic (exact) mass is 372 g/mol. The van der Waals surface area contributed by atoms with Gasteiger partial charge < -0.3 is 15.7 Å². The third kappa shape index (κ3) is 4.93. The Morgan fingerprint density at radius 3 is 2.86 bits per heavy atom. The number of hydrogen-bond donors (Lipinski definition) is 3. The van der Waals surface area contributed by atoms with Gasteiger partial charge in [-0.1, -0.05) is 22.4 Å². The number of nitrogens with one attached hydrogen (secondary N) is 2. The van der Waals surface area contributed by atoms with Gasteiger partial charge in [0.15, 0.2) is 0 Å². The van der Waals surface area contributed by atoms with Crippen LogP contribution in [0.2, 0.25) is 0 Å². The molecule has 0 saturated carbocycles.